The number of Topliss-reactive ketones (excluding diaryl/α,β-unsaturated/α-hetero) is 1. The van der Waals surface area contributed by atoms with Crippen LogP contribution in [0.3, 0.4) is 0 Å². The number of phenols is 1. The number of carbonyl (C=O) groups excluding carboxylic acids is 1. The van der Waals surface area contributed by atoms with Crippen LogP contribution in [0.15, 0.2) is 72.6 Å². The summed E-state index contributed by atoms with van der Waals surface area (Å²) in [4.78, 5) is 21.7. The standard InChI is InChI=1S/C25H23N3O3/c29-22-10-9-20-24(30)23(16-18-6-4-5-11-26-18)31-25(20)21(22)17-27-12-14-28(15-13-27)19-7-2-1-3-8-19/h1-11,16,29H,12-15,17H2/b23-16-. The lowest BCUT2D eigenvalue weighted by Gasteiger charge is -2.36. The molecule has 1 aromatic heterocycles. The molecule has 2 aliphatic heterocycles. The zero-order valence-corrected chi connectivity index (χ0v) is 17.1. The molecule has 1 saturated heterocycles. The van der Waals surface area contributed by atoms with Crippen molar-refractivity contribution in [1.82, 2.24) is 9.88 Å². The number of para-hydroxylation sites is 1. The highest BCUT2D eigenvalue weighted by Gasteiger charge is 2.32. The molecule has 3 aromatic rings. The molecule has 31 heavy (non-hydrogen) atoms. The molecule has 3 heterocycles. The van der Waals surface area contributed by atoms with Crippen LogP contribution >= 0.6 is 0 Å². The number of hydrogen-bond donors (Lipinski definition) is 1. The summed E-state index contributed by atoms with van der Waals surface area (Å²) in [6.45, 7) is 4.07. The summed E-state index contributed by atoms with van der Waals surface area (Å²) in [7, 11) is 0. The number of pyridine rings is 1. The lowest BCUT2D eigenvalue weighted by atomic mass is 10.0. The average Bonchev–Trinajstić information content (AvgIpc) is 3.13. The Hall–Kier alpha value is -3.64. The Kier molecular flexibility index (Phi) is 5.14. The van der Waals surface area contributed by atoms with E-state index < -0.39 is 0 Å². The number of phenolic OH excluding ortho intramolecular Hbond substituents is 1. The predicted octanol–water partition coefficient (Wildman–Crippen LogP) is 3.73. The summed E-state index contributed by atoms with van der Waals surface area (Å²) in [5.74, 6) is 0.652. The van der Waals surface area contributed by atoms with E-state index in [0.29, 0.717) is 29.1 Å². The number of benzene rings is 2. The maximum atomic E-state index is 12.8. The highest BCUT2D eigenvalue weighted by molar-refractivity contribution is 6.14. The lowest BCUT2D eigenvalue weighted by molar-refractivity contribution is 0.101. The Balaban J connectivity index is 1.33. The lowest BCUT2D eigenvalue weighted by Crippen LogP contribution is -2.46. The minimum Gasteiger partial charge on any atom is -0.507 e. The van der Waals surface area contributed by atoms with Gasteiger partial charge in [-0.1, -0.05) is 24.3 Å². The number of piperazine rings is 1. The molecule has 1 N–H and O–H groups in total. The van der Waals surface area contributed by atoms with Gasteiger partial charge in [0, 0.05) is 50.7 Å². The molecular weight excluding hydrogens is 390 g/mol. The second-order valence-corrected chi connectivity index (χ2v) is 7.73. The molecule has 1 fully saturated rings. The van der Waals surface area contributed by atoms with Crippen LogP contribution in [0.4, 0.5) is 5.69 Å². The molecule has 0 spiro atoms. The number of rotatable bonds is 4. The second-order valence-electron chi connectivity index (χ2n) is 7.73. The Bertz CT molecular complexity index is 1120. The molecule has 0 bridgehead atoms. The van der Waals surface area contributed by atoms with Gasteiger partial charge in [0.15, 0.2) is 5.76 Å². The van der Waals surface area contributed by atoms with Gasteiger partial charge in [-0.25, -0.2) is 0 Å². The number of fused-ring (bicyclic) bond motifs is 1. The normalized spacial score (nSPS) is 17.6. The van der Waals surface area contributed by atoms with Crippen molar-refractivity contribution in [1.29, 1.82) is 0 Å². The fraction of sp³-hybridized carbons (Fsp3) is 0.200. The first-order valence-corrected chi connectivity index (χ1v) is 10.4. The number of aromatic nitrogens is 1. The van der Waals surface area contributed by atoms with E-state index in [2.05, 4.69) is 39.0 Å². The predicted molar refractivity (Wildman–Crippen MR) is 119 cm³/mol. The van der Waals surface area contributed by atoms with E-state index in [-0.39, 0.29) is 17.3 Å². The van der Waals surface area contributed by atoms with Crippen molar-refractivity contribution in [3.8, 4) is 11.5 Å². The molecule has 2 aromatic carbocycles. The first-order chi connectivity index (χ1) is 15.2. The van der Waals surface area contributed by atoms with E-state index in [1.807, 2.05) is 24.3 Å². The average molecular weight is 413 g/mol. The maximum absolute atomic E-state index is 12.8. The monoisotopic (exact) mass is 413 g/mol. The third-order valence-corrected chi connectivity index (χ3v) is 5.76. The maximum Gasteiger partial charge on any atom is 0.232 e. The van der Waals surface area contributed by atoms with Crippen LogP contribution in [0.1, 0.15) is 21.6 Å². The summed E-state index contributed by atoms with van der Waals surface area (Å²) in [5.41, 5.74) is 3.02. The van der Waals surface area contributed by atoms with Crippen molar-refractivity contribution >= 4 is 17.5 Å². The molecule has 0 unspecified atom stereocenters. The minimum absolute atomic E-state index is 0.149. The van der Waals surface area contributed by atoms with E-state index in [1.54, 1.807) is 24.4 Å². The Morgan fingerprint density at radius 2 is 1.74 bits per heavy atom. The van der Waals surface area contributed by atoms with Crippen molar-refractivity contribution in [2.24, 2.45) is 0 Å². The van der Waals surface area contributed by atoms with Gasteiger partial charge in [0.05, 0.1) is 16.8 Å². The van der Waals surface area contributed by atoms with Crippen molar-refractivity contribution in [3.05, 3.63) is 89.4 Å². The fourth-order valence-corrected chi connectivity index (χ4v) is 4.07. The van der Waals surface area contributed by atoms with Gasteiger partial charge in [0.25, 0.3) is 0 Å². The van der Waals surface area contributed by atoms with Crippen molar-refractivity contribution in [2.45, 2.75) is 6.54 Å². The summed E-state index contributed by atoms with van der Waals surface area (Å²) >= 11 is 0. The van der Waals surface area contributed by atoms with Crippen LogP contribution in [-0.2, 0) is 6.54 Å². The van der Waals surface area contributed by atoms with Gasteiger partial charge in [0.1, 0.15) is 11.5 Å². The van der Waals surface area contributed by atoms with Gasteiger partial charge in [0.2, 0.25) is 5.78 Å². The number of ether oxygens (including phenoxy) is 1. The quantitative estimate of drug-likeness (QED) is 0.658. The van der Waals surface area contributed by atoms with Gasteiger partial charge in [-0.05, 0) is 36.4 Å². The van der Waals surface area contributed by atoms with E-state index in [9.17, 15) is 9.90 Å². The molecule has 156 valence electrons. The van der Waals surface area contributed by atoms with Gasteiger partial charge in [-0.15, -0.1) is 0 Å². The number of aromatic hydroxyl groups is 1. The third-order valence-electron chi connectivity index (χ3n) is 5.76. The van der Waals surface area contributed by atoms with Crippen LogP contribution in [-0.4, -0.2) is 47.0 Å². The number of ketones is 1. The second kappa shape index (κ2) is 8.24. The number of allylic oxidation sites excluding steroid dienone is 1. The summed E-state index contributed by atoms with van der Waals surface area (Å²) < 4.78 is 5.94. The van der Waals surface area contributed by atoms with Crippen LogP contribution in [0, 0.1) is 0 Å². The van der Waals surface area contributed by atoms with Crippen LogP contribution in [0.25, 0.3) is 6.08 Å². The van der Waals surface area contributed by atoms with Crippen molar-refractivity contribution < 1.29 is 14.6 Å². The number of nitrogens with zero attached hydrogens (tertiary/aromatic N) is 3. The van der Waals surface area contributed by atoms with Crippen LogP contribution < -0.4 is 9.64 Å². The molecule has 0 radical (unpaired) electrons. The Labute approximate surface area is 181 Å². The number of hydrogen-bond acceptors (Lipinski definition) is 6. The highest BCUT2D eigenvalue weighted by atomic mass is 16.5. The molecule has 0 saturated carbocycles. The molecule has 6 heteroatoms. The summed E-state index contributed by atoms with van der Waals surface area (Å²) in [6.07, 6.45) is 3.31. The smallest absolute Gasteiger partial charge is 0.232 e. The first kappa shape index (κ1) is 19.3. The Morgan fingerprint density at radius 3 is 2.48 bits per heavy atom. The zero-order chi connectivity index (χ0) is 21.2. The van der Waals surface area contributed by atoms with Gasteiger partial charge < -0.3 is 14.7 Å². The molecule has 6 nitrogen and oxygen atoms in total. The fourth-order valence-electron chi connectivity index (χ4n) is 4.07. The van der Waals surface area contributed by atoms with Gasteiger partial charge in [-0.2, -0.15) is 0 Å². The van der Waals surface area contributed by atoms with E-state index in [4.69, 9.17) is 4.74 Å². The van der Waals surface area contributed by atoms with Crippen LogP contribution in [0.2, 0.25) is 0 Å². The summed E-state index contributed by atoms with van der Waals surface area (Å²) in [6, 6.07) is 19.1. The molecule has 0 aliphatic carbocycles. The third kappa shape index (κ3) is 3.90. The summed E-state index contributed by atoms with van der Waals surface area (Å²) in [5, 5.41) is 10.5. The molecule has 2 aliphatic rings. The van der Waals surface area contributed by atoms with E-state index >= 15 is 0 Å². The van der Waals surface area contributed by atoms with Gasteiger partial charge in [-0.3, -0.25) is 14.7 Å². The highest BCUT2D eigenvalue weighted by Crippen LogP contribution is 2.40. The molecular formula is C25H23N3O3. The zero-order valence-electron chi connectivity index (χ0n) is 17.1. The van der Waals surface area contributed by atoms with Gasteiger partial charge >= 0.3 is 0 Å². The van der Waals surface area contributed by atoms with E-state index in [1.165, 1.54) is 5.69 Å². The van der Waals surface area contributed by atoms with Crippen LogP contribution in [0.5, 0.6) is 11.5 Å². The molecule has 0 amide bonds. The van der Waals surface area contributed by atoms with E-state index in [0.717, 1.165) is 26.2 Å². The number of carbonyl (C=O) groups is 1. The number of anilines is 1. The SMILES string of the molecule is O=C1/C(=C/c2ccccn2)Oc2c1ccc(O)c2CN1CCN(c2ccccc2)CC1. The molecule has 5 rings (SSSR count). The topological polar surface area (TPSA) is 65.9 Å². The minimum atomic E-state index is -0.184. The largest absolute Gasteiger partial charge is 0.507 e. The van der Waals surface area contributed by atoms with Crippen molar-refractivity contribution in [2.75, 3.05) is 31.1 Å². The first-order valence-electron chi connectivity index (χ1n) is 10.4. The molecule has 0 atom stereocenters. The van der Waals surface area contributed by atoms with Crippen molar-refractivity contribution in [3.63, 3.8) is 0 Å². The Morgan fingerprint density at radius 1 is 0.968 bits per heavy atom.